The van der Waals surface area contributed by atoms with E-state index in [-0.39, 0.29) is 23.9 Å². The normalized spacial score (nSPS) is 17.0. The second-order valence-corrected chi connectivity index (χ2v) is 8.55. The second kappa shape index (κ2) is 8.70. The van der Waals surface area contributed by atoms with Crippen molar-refractivity contribution in [1.82, 2.24) is 9.21 Å². The molecule has 8 heteroatoms. The molecule has 1 aliphatic rings. The summed E-state index contributed by atoms with van der Waals surface area (Å²) in [6, 6.07) is 13.9. The standard InChI is InChI=1S/C20H23FN2O4S/c1-16(27-18-6-3-2-4-7-18)20(24)22-12-5-13-23(15-14-22)28(25,26)19-10-8-17(21)9-11-19/h2-4,6-11,16H,5,12-15H2,1H3. The van der Waals surface area contributed by atoms with Gasteiger partial charge in [-0.05, 0) is 49.7 Å². The van der Waals surface area contributed by atoms with Gasteiger partial charge in [0.2, 0.25) is 10.0 Å². The van der Waals surface area contributed by atoms with Crippen LogP contribution in [0.4, 0.5) is 4.39 Å². The molecule has 2 aromatic rings. The first-order chi connectivity index (χ1) is 13.4. The SMILES string of the molecule is CC(Oc1ccccc1)C(=O)N1CCCN(S(=O)(=O)c2ccc(F)cc2)CC1. The molecule has 0 N–H and O–H groups in total. The van der Waals surface area contributed by atoms with Gasteiger partial charge in [-0.1, -0.05) is 18.2 Å². The number of nitrogens with zero attached hydrogens (tertiary/aromatic N) is 2. The summed E-state index contributed by atoms with van der Waals surface area (Å²) in [4.78, 5) is 14.4. The van der Waals surface area contributed by atoms with Crippen LogP contribution in [-0.4, -0.2) is 55.8 Å². The minimum atomic E-state index is -3.72. The summed E-state index contributed by atoms with van der Waals surface area (Å²) in [6.45, 7) is 2.91. The van der Waals surface area contributed by atoms with Crippen LogP contribution in [0.1, 0.15) is 13.3 Å². The monoisotopic (exact) mass is 406 g/mol. The number of rotatable bonds is 5. The first-order valence-corrected chi connectivity index (χ1v) is 10.6. The number of amides is 1. The summed E-state index contributed by atoms with van der Waals surface area (Å²) in [6.07, 6.45) is -0.146. The summed E-state index contributed by atoms with van der Waals surface area (Å²) in [5.74, 6) is -0.0532. The number of benzene rings is 2. The molecule has 1 aliphatic heterocycles. The fourth-order valence-corrected chi connectivity index (χ4v) is 4.59. The highest BCUT2D eigenvalue weighted by Gasteiger charge is 2.30. The summed E-state index contributed by atoms with van der Waals surface area (Å²) in [5.41, 5.74) is 0. The average molecular weight is 406 g/mol. The third-order valence-corrected chi connectivity index (χ3v) is 6.53. The van der Waals surface area contributed by atoms with E-state index in [0.29, 0.717) is 25.3 Å². The Morgan fingerprint density at radius 3 is 2.36 bits per heavy atom. The van der Waals surface area contributed by atoms with Gasteiger partial charge < -0.3 is 9.64 Å². The Morgan fingerprint density at radius 1 is 1.00 bits per heavy atom. The number of halogens is 1. The molecule has 1 atom stereocenters. The van der Waals surface area contributed by atoms with Gasteiger partial charge in [-0.25, -0.2) is 12.8 Å². The molecule has 6 nitrogen and oxygen atoms in total. The first kappa shape index (κ1) is 20.3. The van der Waals surface area contributed by atoms with E-state index < -0.39 is 21.9 Å². The van der Waals surface area contributed by atoms with Crippen LogP contribution in [0.15, 0.2) is 59.5 Å². The van der Waals surface area contributed by atoms with Gasteiger partial charge in [0.25, 0.3) is 5.91 Å². The first-order valence-electron chi connectivity index (χ1n) is 9.14. The van der Waals surface area contributed by atoms with Crippen LogP contribution < -0.4 is 4.74 Å². The van der Waals surface area contributed by atoms with Crippen molar-refractivity contribution in [3.05, 3.63) is 60.4 Å². The summed E-state index contributed by atoms with van der Waals surface area (Å²) >= 11 is 0. The Morgan fingerprint density at radius 2 is 1.68 bits per heavy atom. The van der Waals surface area contributed by atoms with Crippen LogP contribution >= 0.6 is 0 Å². The molecule has 1 fully saturated rings. The molecule has 1 unspecified atom stereocenters. The zero-order valence-electron chi connectivity index (χ0n) is 15.6. The molecule has 0 bridgehead atoms. The molecule has 1 heterocycles. The Labute approximate surface area is 164 Å². The molecule has 0 spiro atoms. The molecule has 150 valence electrons. The van der Waals surface area contributed by atoms with Crippen molar-refractivity contribution in [3.8, 4) is 5.75 Å². The molecule has 1 saturated heterocycles. The van der Waals surface area contributed by atoms with Gasteiger partial charge in [0.15, 0.2) is 6.10 Å². The van der Waals surface area contributed by atoms with E-state index in [9.17, 15) is 17.6 Å². The number of sulfonamides is 1. The molecular weight excluding hydrogens is 383 g/mol. The molecule has 3 rings (SSSR count). The predicted molar refractivity (Wildman–Crippen MR) is 103 cm³/mol. The van der Waals surface area contributed by atoms with Crippen molar-refractivity contribution in [3.63, 3.8) is 0 Å². The molecule has 0 radical (unpaired) electrons. The Kier molecular flexibility index (Phi) is 6.31. The third-order valence-electron chi connectivity index (χ3n) is 4.62. The fraction of sp³-hybridized carbons (Fsp3) is 0.350. The largest absolute Gasteiger partial charge is 0.481 e. The van der Waals surface area contributed by atoms with Gasteiger partial charge in [-0.15, -0.1) is 0 Å². The van der Waals surface area contributed by atoms with E-state index in [4.69, 9.17) is 4.74 Å². The third kappa shape index (κ3) is 4.69. The highest BCUT2D eigenvalue weighted by Crippen LogP contribution is 2.19. The molecule has 0 saturated carbocycles. The summed E-state index contributed by atoms with van der Waals surface area (Å²) < 4.78 is 45.7. The number of carbonyl (C=O) groups is 1. The Hall–Kier alpha value is -2.45. The van der Waals surface area contributed by atoms with Gasteiger partial charge in [0.05, 0.1) is 4.90 Å². The average Bonchev–Trinajstić information content (AvgIpc) is 2.95. The van der Waals surface area contributed by atoms with E-state index in [1.165, 1.54) is 16.4 Å². The van der Waals surface area contributed by atoms with Crippen molar-refractivity contribution in [2.24, 2.45) is 0 Å². The molecule has 1 amide bonds. The molecule has 0 aliphatic carbocycles. The maximum atomic E-state index is 13.1. The van der Waals surface area contributed by atoms with Crippen molar-refractivity contribution >= 4 is 15.9 Å². The number of ether oxygens (including phenoxy) is 1. The molecule has 28 heavy (non-hydrogen) atoms. The van der Waals surface area contributed by atoms with E-state index >= 15 is 0 Å². The van der Waals surface area contributed by atoms with Gasteiger partial charge in [0, 0.05) is 26.2 Å². The quantitative estimate of drug-likeness (QED) is 0.765. The lowest BCUT2D eigenvalue weighted by molar-refractivity contribution is -0.137. The maximum Gasteiger partial charge on any atom is 0.263 e. The smallest absolute Gasteiger partial charge is 0.263 e. The van der Waals surface area contributed by atoms with E-state index in [1.54, 1.807) is 24.0 Å². The number of carbonyl (C=O) groups excluding carboxylic acids is 1. The van der Waals surface area contributed by atoms with Gasteiger partial charge in [0.1, 0.15) is 11.6 Å². The van der Waals surface area contributed by atoms with Crippen LogP contribution in [-0.2, 0) is 14.8 Å². The molecule has 2 aromatic carbocycles. The van der Waals surface area contributed by atoms with Crippen molar-refractivity contribution in [2.75, 3.05) is 26.2 Å². The van der Waals surface area contributed by atoms with E-state index in [2.05, 4.69) is 0 Å². The number of hydrogen-bond acceptors (Lipinski definition) is 4. The second-order valence-electron chi connectivity index (χ2n) is 6.61. The summed E-state index contributed by atoms with van der Waals surface area (Å²) in [5, 5.41) is 0. The lowest BCUT2D eigenvalue weighted by Crippen LogP contribution is -2.43. The molecule has 0 aromatic heterocycles. The van der Waals surface area contributed by atoms with Crippen LogP contribution in [0, 0.1) is 5.82 Å². The van der Waals surface area contributed by atoms with E-state index in [0.717, 1.165) is 12.1 Å². The van der Waals surface area contributed by atoms with Crippen LogP contribution in [0.5, 0.6) is 5.75 Å². The minimum absolute atomic E-state index is 0.0504. The predicted octanol–water partition coefficient (Wildman–Crippen LogP) is 2.52. The lowest BCUT2D eigenvalue weighted by atomic mass is 10.3. The maximum absolute atomic E-state index is 13.1. The number of hydrogen-bond donors (Lipinski definition) is 0. The van der Waals surface area contributed by atoms with Gasteiger partial charge >= 0.3 is 0 Å². The Bertz CT molecular complexity index is 904. The fourth-order valence-electron chi connectivity index (χ4n) is 3.12. The molecular formula is C20H23FN2O4S. The van der Waals surface area contributed by atoms with E-state index in [1.807, 2.05) is 18.2 Å². The van der Waals surface area contributed by atoms with Crippen LogP contribution in [0.25, 0.3) is 0 Å². The van der Waals surface area contributed by atoms with Crippen molar-refractivity contribution in [2.45, 2.75) is 24.3 Å². The minimum Gasteiger partial charge on any atom is -0.481 e. The van der Waals surface area contributed by atoms with Crippen LogP contribution in [0.3, 0.4) is 0 Å². The van der Waals surface area contributed by atoms with Gasteiger partial charge in [-0.2, -0.15) is 4.31 Å². The zero-order valence-corrected chi connectivity index (χ0v) is 16.4. The lowest BCUT2D eigenvalue weighted by Gasteiger charge is -2.25. The highest BCUT2D eigenvalue weighted by molar-refractivity contribution is 7.89. The van der Waals surface area contributed by atoms with Crippen molar-refractivity contribution in [1.29, 1.82) is 0 Å². The topological polar surface area (TPSA) is 66.9 Å². The summed E-state index contributed by atoms with van der Waals surface area (Å²) in [7, 11) is -3.72. The zero-order chi connectivity index (χ0) is 20.1. The number of para-hydroxylation sites is 1. The van der Waals surface area contributed by atoms with Crippen LogP contribution in [0.2, 0.25) is 0 Å². The Balaban J connectivity index is 1.64. The highest BCUT2D eigenvalue weighted by atomic mass is 32.2. The van der Waals surface area contributed by atoms with Crippen molar-refractivity contribution < 1.29 is 22.3 Å². The van der Waals surface area contributed by atoms with Gasteiger partial charge in [-0.3, -0.25) is 4.79 Å².